The van der Waals surface area contributed by atoms with Gasteiger partial charge >= 0.3 is 0 Å². The molecule has 0 saturated carbocycles. The van der Waals surface area contributed by atoms with Gasteiger partial charge in [0.25, 0.3) is 10.9 Å². The molecule has 0 atom stereocenters. The van der Waals surface area contributed by atoms with Crippen LogP contribution in [-0.2, 0) is 7.05 Å². The second-order valence-corrected chi connectivity index (χ2v) is 12.9. The van der Waals surface area contributed by atoms with Crippen molar-refractivity contribution in [2.45, 2.75) is 33.6 Å². The van der Waals surface area contributed by atoms with E-state index in [1.54, 1.807) is 11.3 Å². The number of carbonyl (C=O) groups excluding carboxylic acids is 1. The van der Waals surface area contributed by atoms with E-state index in [9.17, 15) is 4.79 Å². The van der Waals surface area contributed by atoms with Gasteiger partial charge < -0.3 is 19.2 Å². The Balaban J connectivity index is 1.61. The van der Waals surface area contributed by atoms with Crippen LogP contribution in [0.25, 0.3) is 16.3 Å². The number of benzene rings is 1. The highest BCUT2D eigenvalue weighted by Crippen LogP contribution is 2.25. The van der Waals surface area contributed by atoms with Gasteiger partial charge in [-0.15, -0.1) is 0 Å². The molecule has 2 heterocycles. The first-order valence-electron chi connectivity index (χ1n) is 13.4. The molecule has 1 aromatic heterocycles. The van der Waals surface area contributed by atoms with Crippen LogP contribution in [0, 0.1) is 0 Å². The quantitative estimate of drug-likeness (QED) is 0.273. The van der Waals surface area contributed by atoms with E-state index in [0.29, 0.717) is 12.1 Å². The molecular weight excluding hydrogens is 480 g/mol. The van der Waals surface area contributed by atoms with E-state index in [0.717, 1.165) is 61.8 Å². The lowest BCUT2D eigenvalue weighted by molar-refractivity contribution is -0.902. The highest BCUT2D eigenvalue weighted by Gasteiger charge is 2.20. The number of thiazole rings is 1. The Kier molecular flexibility index (Phi) is 9.32. The number of hydrogen-bond acceptors (Lipinski definition) is 4. The van der Waals surface area contributed by atoms with Crippen LogP contribution >= 0.6 is 11.3 Å². The molecule has 7 nitrogen and oxygen atoms in total. The molecule has 202 valence electrons. The van der Waals surface area contributed by atoms with E-state index >= 15 is 0 Å². The molecule has 2 aromatic rings. The summed E-state index contributed by atoms with van der Waals surface area (Å²) in [6.07, 6.45) is 6.44. The van der Waals surface area contributed by atoms with Crippen LogP contribution in [0.5, 0.6) is 0 Å². The van der Waals surface area contributed by atoms with Crippen molar-refractivity contribution in [3.05, 3.63) is 46.2 Å². The molecule has 0 fully saturated rings. The number of aryl methyl sites for hydroxylation is 1. The largest absolute Gasteiger partial charge is 0.352 e. The highest BCUT2D eigenvalue weighted by atomic mass is 32.1. The summed E-state index contributed by atoms with van der Waals surface area (Å²) in [6.45, 7) is 11.3. The Morgan fingerprint density at radius 3 is 2.46 bits per heavy atom. The number of nitrogens with zero attached hydrogens (tertiary/aromatic N) is 5. The van der Waals surface area contributed by atoms with Crippen molar-refractivity contribution >= 4 is 39.4 Å². The number of amidine groups is 1. The maximum Gasteiger partial charge on any atom is 0.264 e. The molecule has 0 aliphatic carbocycles. The number of nitrogens with one attached hydrogen (secondary N) is 1. The van der Waals surface area contributed by atoms with Crippen molar-refractivity contribution < 1.29 is 18.3 Å². The van der Waals surface area contributed by atoms with Crippen LogP contribution in [-0.4, -0.2) is 93.6 Å². The average molecular weight is 528 g/mol. The predicted molar refractivity (Wildman–Crippen MR) is 157 cm³/mol. The number of quaternary nitrogens is 2. The molecule has 0 unspecified atom stereocenters. The molecular formula is C29H47N6OS+3. The Bertz CT molecular complexity index is 1190. The van der Waals surface area contributed by atoms with E-state index in [1.165, 1.54) is 18.7 Å². The van der Waals surface area contributed by atoms with Gasteiger partial charge in [0.15, 0.2) is 0 Å². The standard InChI is InChI=1S/C29H46N6OS/c1-10-33-22(2)19-25(31-23(33)3)21-28-32(4)26-14-13-24(20-27(26)37-28)29(36)30-15-11-17-35(8,9)18-12-16-34(5,6)7/h13-14,19-21H,10-12,15-18H2,1-9H3/q+2/p+1. The number of carbonyl (C=O) groups is 1. The van der Waals surface area contributed by atoms with Gasteiger partial charge in [0, 0.05) is 49.3 Å². The maximum atomic E-state index is 12.9. The molecule has 3 rings (SSSR count). The number of aromatic nitrogens is 1. The molecule has 1 N–H and O–H groups in total. The third-order valence-electron chi connectivity index (χ3n) is 7.00. The van der Waals surface area contributed by atoms with Crippen LogP contribution in [0.4, 0.5) is 0 Å². The minimum Gasteiger partial charge on any atom is -0.352 e. The molecule has 37 heavy (non-hydrogen) atoms. The fraction of sp³-hybridized carbons (Fsp3) is 0.552. The molecule has 1 aliphatic heterocycles. The van der Waals surface area contributed by atoms with Crippen molar-refractivity contribution in [3.63, 3.8) is 0 Å². The molecule has 1 amide bonds. The second kappa shape index (κ2) is 11.9. The summed E-state index contributed by atoms with van der Waals surface area (Å²) in [4.78, 5) is 19.9. The molecule has 0 saturated heterocycles. The SMILES string of the molecule is CCN1C(C)=C/C(=C/c2sc3cc(C(=O)NCCC[N+](C)(C)CCC[N+](C)(C)C)ccc3[n+]2C)N=C1C. The van der Waals surface area contributed by atoms with E-state index in [4.69, 9.17) is 4.99 Å². The zero-order valence-corrected chi connectivity index (χ0v) is 25.2. The molecule has 0 bridgehead atoms. The van der Waals surface area contributed by atoms with Crippen molar-refractivity contribution in [2.24, 2.45) is 12.0 Å². The lowest BCUT2D eigenvalue weighted by Gasteiger charge is -2.31. The van der Waals surface area contributed by atoms with Crippen LogP contribution in [0.15, 0.2) is 40.7 Å². The number of amides is 1. The van der Waals surface area contributed by atoms with Crippen molar-refractivity contribution in [1.29, 1.82) is 0 Å². The Hall–Kier alpha value is -2.55. The summed E-state index contributed by atoms with van der Waals surface area (Å²) in [5.41, 5.74) is 3.99. The first kappa shape index (κ1) is 29.0. The molecule has 0 spiro atoms. The molecule has 1 aliphatic rings. The topological polar surface area (TPSA) is 48.6 Å². The lowest BCUT2D eigenvalue weighted by atomic mass is 10.2. The second-order valence-electron chi connectivity index (χ2n) is 11.8. The maximum absolute atomic E-state index is 12.9. The first-order chi connectivity index (χ1) is 17.3. The normalized spacial score (nSPS) is 15.8. The third-order valence-corrected chi connectivity index (χ3v) is 8.15. The summed E-state index contributed by atoms with van der Waals surface area (Å²) in [5, 5.41) is 4.24. The number of allylic oxidation sites excluding steroid dienone is 2. The zero-order valence-electron chi connectivity index (χ0n) is 24.4. The van der Waals surface area contributed by atoms with Gasteiger partial charge in [0.05, 0.1) is 60.6 Å². The Morgan fingerprint density at radius 2 is 1.81 bits per heavy atom. The lowest BCUT2D eigenvalue weighted by Crippen LogP contribution is -2.45. The Labute approximate surface area is 227 Å². The van der Waals surface area contributed by atoms with Crippen molar-refractivity contribution in [1.82, 2.24) is 10.2 Å². The summed E-state index contributed by atoms with van der Waals surface area (Å²) < 4.78 is 5.27. The molecule has 0 radical (unpaired) electrons. The summed E-state index contributed by atoms with van der Waals surface area (Å²) >= 11 is 1.69. The van der Waals surface area contributed by atoms with Crippen LogP contribution in [0.3, 0.4) is 0 Å². The van der Waals surface area contributed by atoms with E-state index in [-0.39, 0.29) is 5.91 Å². The van der Waals surface area contributed by atoms with Gasteiger partial charge in [-0.2, -0.15) is 4.57 Å². The number of hydrogen-bond donors (Lipinski definition) is 1. The summed E-state index contributed by atoms with van der Waals surface area (Å²) in [7, 11) is 13.4. The minimum atomic E-state index is -0.00100. The fourth-order valence-corrected chi connectivity index (χ4v) is 5.98. The Morgan fingerprint density at radius 1 is 1.11 bits per heavy atom. The van der Waals surface area contributed by atoms with Gasteiger partial charge in [-0.1, -0.05) is 11.3 Å². The van der Waals surface area contributed by atoms with Gasteiger partial charge in [-0.05, 0) is 39.0 Å². The fourth-order valence-electron chi connectivity index (χ4n) is 4.84. The smallest absolute Gasteiger partial charge is 0.264 e. The number of fused-ring (bicyclic) bond motifs is 1. The number of rotatable bonds is 11. The van der Waals surface area contributed by atoms with Gasteiger partial charge in [-0.25, -0.2) is 4.99 Å². The molecule has 8 heteroatoms. The van der Waals surface area contributed by atoms with E-state index in [1.807, 2.05) is 18.2 Å². The zero-order chi connectivity index (χ0) is 27.4. The van der Waals surface area contributed by atoms with Crippen molar-refractivity contribution in [2.75, 3.05) is 68.0 Å². The van der Waals surface area contributed by atoms with Gasteiger partial charge in [-0.3, -0.25) is 4.79 Å². The average Bonchev–Trinajstić information content (AvgIpc) is 3.10. The van der Waals surface area contributed by atoms with E-state index in [2.05, 4.69) is 90.0 Å². The minimum absolute atomic E-state index is 0.00100. The van der Waals surface area contributed by atoms with Crippen molar-refractivity contribution in [3.8, 4) is 0 Å². The van der Waals surface area contributed by atoms with Crippen LogP contribution in [0.2, 0.25) is 0 Å². The van der Waals surface area contributed by atoms with Gasteiger partial charge in [0.1, 0.15) is 17.6 Å². The van der Waals surface area contributed by atoms with Crippen LogP contribution < -0.4 is 9.88 Å². The highest BCUT2D eigenvalue weighted by molar-refractivity contribution is 7.18. The third kappa shape index (κ3) is 7.97. The summed E-state index contributed by atoms with van der Waals surface area (Å²) in [6, 6.07) is 5.99. The monoisotopic (exact) mass is 527 g/mol. The first-order valence-corrected chi connectivity index (χ1v) is 14.2. The van der Waals surface area contributed by atoms with Gasteiger partial charge in [0.2, 0.25) is 5.52 Å². The van der Waals surface area contributed by atoms with E-state index < -0.39 is 0 Å². The van der Waals surface area contributed by atoms with Crippen LogP contribution in [0.1, 0.15) is 49.0 Å². The number of aliphatic imine (C=N–C) groups is 1. The predicted octanol–water partition coefficient (Wildman–Crippen LogP) is 4.02. The summed E-state index contributed by atoms with van der Waals surface area (Å²) in [5.74, 6) is 1.02. The molecule has 1 aromatic carbocycles.